The number of thioether (sulfide) groups is 1. The average molecular weight is 299 g/mol. The Morgan fingerprint density at radius 2 is 2.20 bits per heavy atom. The third kappa shape index (κ3) is 3.49. The summed E-state index contributed by atoms with van der Waals surface area (Å²) in [6, 6.07) is 0.401. The van der Waals surface area contributed by atoms with Gasteiger partial charge in [-0.1, -0.05) is 25.6 Å². The molecule has 8 heteroatoms. The monoisotopic (exact) mass is 299 g/mol. The summed E-state index contributed by atoms with van der Waals surface area (Å²) >= 11 is 1.34. The normalized spacial score (nSPS) is 15.3. The highest BCUT2D eigenvalue weighted by molar-refractivity contribution is 7.99. The Kier molecular flexibility index (Phi) is 4.98. The molecule has 0 atom stereocenters. The van der Waals surface area contributed by atoms with Gasteiger partial charge in [-0.2, -0.15) is 0 Å². The summed E-state index contributed by atoms with van der Waals surface area (Å²) in [6.07, 6.45) is 3.61. The van der Waals surface area contributed by atoms with E-state index in [1.807, 2.05) is 13.8 Å². The third-order valence-electron chi connectivity index (χ3n) is 3.75. The van der Waals surface area contributed by atoms with Crippen LogP contribution in [0.4, 0.5) is 0 Å². The minimum Gasteiger partial charge on any atom is -0.394 e. The Labute approximate surface area is 122 Å². The topological polar surface area (TPSA) is 92.9 Å². The van der Waals surface area contributed by atoms with Crippen LogP contribution in [-0.4, -0.2) is 49.1 Å². The largest absolute Gasteiger partial charge is 0.394 e. The summed E-state index contributed by atoms with van der Waals surface area (Å²) in [5, 5.41) is 24.6. The van der Waals surface area contributed by atoms with Crippen LogP contribution in [0.1, 0.15) is 45.6 Å². The number of aliphatic hydroxyl groups excluding tert-OH is 1. The van der Waals surface area contributed by atoms with Crippen LogP contribution in [0.5, 0.6) is 0 Å². The summed E-state index contributed by atoms with van der Waals surface area (Å²) in [6.45, 7) is 3.87. The van der Waals surface area contributed by atoms with Gasteiger partial charge in [-0.05, 0) is 36.1 Å². The smallest absolute Gasteiger partial charge is 0.230 e. The van der Waals surface area contributed by atoms with Crippen molar-refractivity contribution in [2.75, 3.05) is 12.4 Å². The molecule has 0 aliphatic heterocycles. The molecule has 2 rings (SSSR count). The highest BCUT2D eigenvalue weighted by Crippen LogP contribution is 2.36. The van der Waals surface area contributed by atoms with Gasteiger partial charge in [0.15, 0.2) is 0 Å². The van der Waals surface area contributed by atoms with Crippen molar-refractivity contribution in [3.63, 3.8) is 0 Å². The first-order chi connectivity index (χ1) is 9.64. The molecule has 0 unspecified atom stereocenters. The number of aliphatic hydroxyl groups is 1. The van der Waals surface area contributed by atoms with Crippen molar-refractivity contribution in [1.82, 2.24) is 25.5 Å². The van der Waals surface area contributed by atoms with Crippen molar-refractivity contribution in [2.24, 2.45) is 0 Å². The van der Waals surface area contributed by atoms with E-state index in [4.69, 9.17) is 0 Å². The summed E-state index contributed by atoms with van der Waals surface area (Å²) in [4.78, 5) is 12.0. The first kappa shape index (κ1) is 15.2. The Balaban J connectivity index is 1.87. The standard InChI is InChI=1S/C12H21N5O2S/c1-3-12(4-2,8-18)13-10(19)7-20-11-14-15-16-17(11)9-5-6-9/h9,18H,3-8H2,1-2H3,(H,13,19). The molecule has 1 heterocycles. The zero-order chi connectivity index (χ0) is 14.6. The molecule has 1 amide bonds. The van der Waals surface area contributed by atoms with Crippen molar-refractivity contribution >= 4 is 17.7 Å². The van der Waals surface area contributed by atoms with Crippen LogP contribution < -0.4 is 5.32 Å². The van der Waals surface area contributed by atoms with Crippen molar-refractivity contribution in [3.05, 3.63) is 0 Å². The minimum absolute atomic E-state index is 0.0454. The number of carbonyl (C=O) groups is 1. The van der Waals surface area contributed by atoms with E-state index >= 15 is 0 Å². The fourth-order valence-electron chi connectivity index (χ4n) is 1.98. The van der Waals surface area contributed by atoms with Gasteiger partial charge >= 0.3 is 0 Å². The van der Waals surface area contributed by atoms with Gasteiger partial charge in [-0.3, -0.25) is 4.79 Å². The molecule has 2 N–H and O–H groups in total. The number of nitrogens with one attached hydrogen (secondary N) is 1. The molecule has 1 aromatic heterocycles. The molecule has 1 aliphatic carbocycles. The molecule has 0 aromatic carbocycles. The number of nitrogens with zero attached hydrogens (tertiary/aromatic N) is 4. The van der Waals surface area contributed by atoms with Gasteiger partial charge in [0.2, 0.25) is 11.1 Å². The molecule has 7 nitrogen and oxygen atoms in total. The Hall–Kier alpha value is -1.15. The number of carbonyl (C=O) groups excluding carboxylic acids is 1. The van der Waals surface area contributed by atoms with E-state index in [1.165, 1.54) is 11.8 Å². The van der Waals surface area contributed by atoms with E-state index in [-0.39, 0.29) is 18.3 Å². The summed E-state index contributed by atoms with van der Waals surface area (Å²) in [7, 11) is 0. The zero-order valence-electron chi connectivity index (χ0n) is 11.9. The molecule has 20 heavy (non-hydrogen) atoms. The van der Waals surface area contributed by atoms with Crippen LogP contribution in [0.25, 0.3) is 0 Å². The first-order valence-electron chi connectivity index (χ1n) is 6.96. The zero-order valence-corrected chi connectivity index (χ0v) is 12.7. The number of hydrogen-bond donors (Lipinski definition) is 2. The van der Waals surface area contributed by atoms with Gasteiger partial charge in [0.1, 0.15) is 0 Å². The number of rotatable bonds is 8. The first-order valence-corrected chi connectivity index (χ1v) is 7.95. The van der Waals surface area contributed by atoms with Gasteiger partial charge in [0.05, 0.1) is 23.9 Å². The predicted octanol–water partition coefficient (Wildman–Crippen LogP) is 0.767. The summed E-state index contributed by atoms with van der Waals surface area (Å²) in [5.74, 6) is 0.160. The third-order valence-corrected chi connectivity index (χ3v) is 4.68. The van der Waals surface area contributed by atoms with Crippen molar-refractivity contribution < 1.29 is 9.90 Å². The fourth-order valence-corrected chi connectivity index (χ4v) is 2.73. The van der Waals surface area contributed by atoms with Gasteiger partial charge in [0.25, 0.3) is 0 Å². The molecule has 0 radical (unpaired) electrons. The summed E-state index contributed by atoms with van der Waals surface area (Å²) < 4.78 is 1.79. The van der Waals surface area contributed by atoms with E-state index in [0.29, 0.717) is 24.0 Å². The van der Waals surface area contributed by atoms with Crippen LogP contribution in [0.2, 0.25) is 0 Å². The lowest BCUT2D eigenvalue weighted by Gasteiger charge is -2.30. The lowest BCUT2D eigenvalue weighted by molar-refractivity contribution is -0.121. The lowest BCUT2D eigenvalue weighted by atomic mass is 9.94. The van der Waals surface area contributed by atoms with Crippen molar-refractivity contribution in [1.29, 1.82) is 0 Å². The molecule has 1 fully saturated rings. The van der Waals surface area contributed by atoms with E-state index in [0.717, 1.165) is 12.8 Å². The van der Waals surface area contributed by atoms with Crippen LogP contribution in [0.15, 0.2) is 5.16 Å². The molecule has 0 spiro atoms. The maximum atomic E-state index is 12.0. The highest BCUT2D eigenvalue weighted by atomic mass is 32.2. The molecule has 1 aromatic rings. The van der Waals surface area contributed by atoms with Crippen LogP contribution in [0, 0.1) is 0 Å². The van der Waals surface area contributed by atoms with Gasteiger partial charge in [-0.15, -0.1) is 5.10 Å². The molecular weight excluding hydrogens is 278 g/mol. The molecule has 112 valence electrons. The van der Waals surface area contributed by atoms with E-state index in [1.54, 1.807) is 4.68 Å². The molecular formula is C12H21N5O2S. The van der Waals surface area contributed by atoms with Crippen molar-refractivity contribution in [3.8, 4) is 0 Å². The second-order valence-electron chi connectivity index (χ2n) is 5.12. The predicted molar refractivity (Wildman–Crippen MR) is 75.4 cm³/mol. The maximum absolute atomic E-state index is 12.0. The number of hydrogen-bond acceptors (Lipinski definition) is 6. The highest BCUT2D eigenvalue weighted by Gasteiger charge is 2.29. The molecule has 1 saturated carbocycles. The Morgan fingerprint density at radius 3 is 2.75 bits per heavy atom. The quantitative estimate of drug-likeness (QED) is 0.689. The molecule has 1 aliphatic rings. The van der Waals surface area contributed by atoms with Crippen LogP contribution in [-0.2, 0) is 4.79 Å². The fraction of sp³-hybridized carbons (Fsp3) is 0.833. The second kappa shape index (κ2) is 6.53. The van der Waals surface area contributed by atoms with Gasteiger partial charge in [-0.25, -0.2) is 4.68 Å². The Bertz CT molecular complexity index is 448. The van der Waals surface area contributed by atoms with Gasteiger partial charge < -0.3 is 10.4 Å². The van der Waals surface area contributed by atoms with E-state index in [9.17, 15) is 9.90 Å². The minimum atomic E-state index is -0.514. The van der Waals surface area contributed by atoms with Crippen LogP contribution in [0.3, 0.4) is 0 Å². The number of tetrazole rings is 1. The average Bonchev–Trinajstić information content (AvgIpc) is 3.21. The van der Waals surface area contributed by atoms with Gasteiger partial charge in [0, 0.05) is 0 Å². The number of aromatic nitrogens is 4. The SMILES string of the molecule is CCC(CC)(CO)NC(=O)CSc1nnnn1C1CC1. The Morgan fingerprint density at radius 1 is 1.50 bits per heavy atom. The molecule has 0 bridgehead atoms. The molecule has 0 saturated heterocycles. The number of amides is 1. The summed E-state index contributed by atoms with van der Waals surface area (Å²) in [5.41, 5.74) is -0.514. The van der Waals surface area contributed by atoms with E-state index < -0.39 is 5.54 Å². The van der Waals surface area contributed by atoms with Crippen LogP contribution >= 0.6 is 11.8 Å². The van der Waals surface area contributed by atoms with E-state index in [2.05, 4.69) is 20.8 Å². The maximum Gasteiger partial charge on any atom is 0.230 e. The lowest BCUT2D eigenvalue weighted by Crippen LogP contribution is -2.51. The second-order valence-corrected chi connectivity index (χ2v) is 6.06. The van der Waals surface area contributed by atoms with Crippen molar-refractivity contribution in [2.45, 2.75) is 56.3 Å².